The maximum Gasteiger partial charge on any atom is 0.459 e. The molecule has 6 atom stereocenters. The van der Waals surface area contributed by atoms with Crippen LogP contribution in [0.2, 0.25) is 0 Å². The molecule has 0 bridgehead atoms. The standard InChI is InChI=1S/C44H57F2N6O8P/c1-11-34-36(46)16-15-29-18-33(60-61(55,59-27(5)6)49-28(7)42(54)58-26(3)4)20-35(39(29)34)30-19-37-40(56-24-30)41(50(9)23-32-14-13-17-52(32)38(53)12-2)48-43(47-37)57-25-44(8)21-31(45)22-51(44)10/h1,12,15-16,18,20,26-28,30-32H,2,13-14,17,19,21-25H2,3-10H3,(H,49,55)/t28-,30+,31+,32-,44-,61?/m0/s1. The summed E-state index contributed by atoms with van der Waals surface area (Å²) >= 11 is 0. The number of hydrogen-bond donors (Lipinski definition) is 1. The number of carbonyl (C=O) groups is 2. The minimum absolute atomic E-state index is 0.0250. The molecule has 330 valence electrons. The van der Waals surface area contributed by atoms with Crippen LogP contribution < -0.4 is 24.0 Å². The maximum absolute atomic E-state index is 15.5. The predicted octanol–water partition coefficient (Wildman–Crippen LogP) is 6.73. The summed E-state index contributed by atoms with van der Waals surface area (Å²) in [6, 6.07) is 4.91. The number of alkyl halides is 1. The Hall–Kier alpha value is -4.81. The highest BCUT2D eigenvalue weighted by Gasteiger charge is 2.42. The zero-order valence-corrected chi connectivity index (χ0v) is 37.1. The third-order valence-electron chi connectivity index (χ3n) is 11.3. The molecule has 1 unspecified atom stereocenters. The Morgan fingerprint density at radius 2 is 1.97 bits per heavy atom. The normalized spacial score (nSPS) is 22.9. The number of terminal acetylenes is 1. The van der Waals surface area contributed by atoms with E-state index in [-0.39, 0.29) is 61.9 Å². The predicted molar refractivity (Wildman–Crippen MR) is 228 cm³/mol. The van der Waals surface area contributed by atoms with E-state index in [0.717, 1.165) is 12.8 Å². The Morgan fingerprint density at radius 1 is 1.21 bits per heavy atom. The Bertz CT molecular complexity index is 2240. The highest BCUT2D eigenvalue weighted by molar-refractivity contribution is 7.52. The van der Waals surface area contributed by atoms with Gasteiger partial charge in [-0.15, -0.1) is 6.42 Å². The molecule has 0 saturated carbocycles. The molecule has 6 rings (SSSR count). The number of rotatable bonds is 16. The Morgan fingerprint density at radius 3 is 2.62 bits per heavy atom. The molecule has 2 saturated heterocycles. The maximum atomic E-state index is 15.5. The third-order valence-corrected chi connectivity index (χ3v) is 13.2. The minimum atomic E-state index is -4.25. The molecule has 2 fully saturated rings. The summed E-state index contributed by atoms with van der Waals surface area (Å²) in [4.78, 5) is 40.8. The Balaban J connectivity index is 1.40. The zero-order chi connectivity index (χ0) is 44.4. The van der Waals surface area contributed by atoms with E-state index in [9.17, 15) is 18.5 Å². The number of esters is 1. The SMILES string of the molecule is C#Cc1c(F)ccc2cc(OP(=O)(N[C@@H](C)C(=O)OC(C)C)OC(C)C)cc([C@H]3COc4c(nc(OC[C@]5(C)C[C@@H](F)CN5C)nc4N(C)C[C@@H]4CCCN4C(=O)C=C)C3)c12. The highest BCUT2D eigenvalue weighted by Crippen LogP contribution is 2.49. The van der Waals surface area contributed by atoms with Crippen molar-refractivity contribution in [2.24, 2.45) is 0 Å². The van der Waals surface area contributed by atoms with E-state index in [2.05, 4.69) is 17.6 Å². The lowest BCUT2D eigenvalue weighted by Gasteiger charge is -2.33. The molecule has 3 aromatic rings. The number of halogens is 2. The molecular formula is C44H57F2N6O8P. The molecular weight excluding hydrogens is 809 g/mol. The van der Waals surface area contributed by atoms with Crippen LogP contribution in [0.1, 0.15) is 83.5 Å². The first-order chi connectivity index (χ1) is 28.8. The fourth-order valence-corrected chi connectivity index (χ4v) is 9.94. The highest BCUT2D eigenvalue weighted by atomic mass is 31.2. The topological polar surface area (TPSA) is 145 Å². The number of anilines is 1. The van der Waals surface area contributed by atoms with E-state index in [1.54, 1.807) is 50.8 Å². The number of fused-ring (bicyclic) bond motifs is 2. The van der Waals surface area contributed by atoms with Gasteiger partial charge in [-0.25, -0.2) is 13.3 Å². The first-order valence-electron chi connectivity index (χ1n) is 20.7. The average Bonchev–Trinajstić information content (AvgIpc) is 3.76. The number of amides is 1. The summed E-state index contributed by atoms with van der Waals surface area (Å²) in [5.74, 6) is 1.58. The van der Waals surface area contributed by atoms with Crippen molar-refractivity contribution < 1.29 is 46.2 Å². The van der Waals surface area contributed by atoms with E-state index in [1.807, 2.05) is 30.8 Å². The van der Waals surface area contributed by atoms with Crippen LogP contribution in [0.25, 0.3) is 10.8 Å². The van der Waals surface area contributed by atoms with Crippen LogP contribution in [0, 0.1) is 18.2 Å². The molecule has 0 radical (unpaired) electrons. The van der Waals surface area contributed by atoms with Crippen molar-refractivity contribution in [3.05, 3.63) is 59.6 Å². The van der Waals surface area contributed by atoms with Crippen molar-refractivity contribution in [2.45, 2.75) is 109 Å². The lowest BCUT2D eigenvalue weighted by Crippen LogP contribution is -2.43. The number of benzene rings is 2. The summed E-state index contributed by atoms with van der Waals surface area (Å²) < 4.78 is 74.4. The van der Waals surface area contributed by atoms with E-state index in [1.165, 1.54) is 19.1 Å². The summed E-state index contributed by atoms with van der Waals surface area (Å²) in [6.07, 6.45) is 7.45. The molecule has 1 N–H and O–H groups in total. The Kier molecular flexibility index (Phi) is 14.0. The number of ether oxygens (including phenoxy) is 3. The summed E-state index contributed by atoms with van der Waals surface area (Å²) in [5.41, 5.74) is 0.447. The number of likely N-dealkylation sites (N-methyl/N-ethyl adjacent to an activating group) is 2. The van der Waals surface area contributed by atoms with Gasteiger partial charge in [0.05, 0.1) is 35.6 Å². The van der Waals surface area contributed by atoms with Crippen molar-refractivity contribution in [1.82, 2.24) is 24.9 Å². The molecule has 1 amide bonds. The summed E-state index contributed by atoms with van der Waals surface area (Å²) in [6.45, 7) is 15.4. The number of aromatic nitrogens is 2. The number of hydrogen-bond acceptors (Lipinski definition) is 12. The van der Waals surface area contributed by atoms with E-state index < -0.39 is 55.4 Å². The van der Waals surface area contributed by atoms with Gasteiger partial charge in [0, 0.05) is 56.9 Å². The summed E-state index contributed by atoms with van der Waals surface area (Å²) in [5, 5.41) is 3.64. The van der Waals surface area contributed by atoms with Gasteiger partial charge in [0.1, 0.15) is 30.4 Å². The second kappa shape index (κ2) is 18.7. The van der Waals surface area contributed by atoms with Crippen molar-refractivity contribution >= 4 is 36.2 Å². The fourth-order valence-electron chi connectivity index (χ4n) is 8.27. The van der Waals surface area contributed by atoms with E-state index in [4.69, 9.17) is 39.6 Å². The van der Waals surface area contributed by atoms with Crippen LogP contribution in [0.15, 0.2) is 36.9 Å². The molecule has 61 heavy (non-hydrogen) atoms. The molecule has 3 aliphatic rings. The fraction of sp³-hybridized carbons (Fsp3) is 0.545. The van der Waals surface area contributed by atoms with Crippen LogP contribution in [-0.2, 0) is 29.8 Å². The van der Waals surface area contributed by atoms with Crippen molar-refractivity contribution in [3.8, 4) is 29.9 Å². The zero-order valence-electron chi connectivity index (χ0n) is 36.2. The van der Waals surface area contributed by atoms with Crippen molar-refractivity contribution in [3.63, 3.8) is 0 Å². The van der Waals surface area contributed by atoms with Gasteiger partial charge in [-0.3, -0.25) is 19.0 Å². The molecule has 2 aromatic carbocycles. The number of carbonyl (C=O) groups excluding carboxylic acids is 2. The van der Waals surface area contributed by atoms with E-state index in [0.29, 0.717) is 46.7 Å². The summed E-state index contributed by atoms with van der Waals surface area (Å²) in [7, 11) is -0.530. The van der Waals surface area contributed by atoms with E-state index >= 15 is 4.39 Å². The molecule has 3 aliphatic heterocycles. The van der Waals surface area contributed by atoms with Gasteiger partial charge in [-0.1, -0.05) is 18.6 Å². The molecule has 4 heterocycles. The van der Waals surface area contributed by atoms with Crippen LogP contribution in [0.4, 0.5) is 14.6 Å². The smallest absolute Gasteiger partial charge is 0.459 e. The largest absolute Gasteiger partial charge is 0.487 e. The number of nitrogens with zero attached hydrogens (tertiary/aromatic N) is 5. The minimum Gasteiger partial charge on any atom is -0.487 e. The molecule has 0 aliphatic carbocycles. The van der Waals surface area contributed by atoms with Crippen LogP contribution in [0.3, 0.4) is 0 Å². The third kappa shape index (κ3) is 10.3. The van der Waals surface area contributed by atoms with Gasteiger partial charge >= 0.3 is 19.7 Å². The molecule has 17 heteroatoms. The van der Waals surface area contributed by atoms with Gasteiger partial charge in [-0.2, -0.15) is 15.1 Å². The first-order valence-corrected chi connectivity index (χ1v) is 22.2. The van der Waals surface area contributed by atoms with Gasteiger partial charge < -0.3 is 28.5 Å². The average molecular weight is 867 g/mol. The lowest BCUT2D eigenvalue weighted by molar-refractivity contribution is -0.149. The van der Waals surface area contributed by atoms with Gasteiger partial charge in [0.15, 0.2) is 11.6 Å². The van der Waals surface area contributed by atoms with Crippen molar-refractivity contribution in [1.29, 1.82) is 0 Å². The molecule has 14 nitrogen and oxygen atoms in total. The molecule has 0 spiro atoms. The van der Waals surface area contributed by atoms with Crippen LogP contribution in [0.5, 0.6) is 17.5 Å². The van der Waals surface area contributed by atoms with Gasteiger partial charge in [-0.05, 0) is 96.7 Å². The second-order valence-electron chi connectivity index (χ2n) is 17.0. The van der Waals surface area contributed by atoms with Crippen molar-refractivity contribution in [2.75, 3.05) is 51.8 Å². The van der Waals surface area contributed by atoms with Gasteiger partial charge in [0.2, 0.25) is 5.91 Å². The number of nitrogens with one attached hydrogen (secondary N) is 1. The molecule has 1 aromatic heterocycles. The lowest BCUT2D eigenvalue weighted by atomic mass is 9.87. The Labute approximate surface area is 356 Å². The number of likely N-dealkylation sites (tertiary alicyclic amines) is 2. The van der Waals surface area contributed by atoms with Crippen LogP contribution in [-0.4, -0.2) is 115 Å². The quantitative estimate of drug-likeness (QED) is 0.0704. The first kappa shape index (κ1) is 45.7. The van der Waals surface area contributed by atoms with Gasteiger partial charge in [0.25, 0.3) is 0 Å². The second-order valence-corrected chi connectivity index (χ2v) is 18.6. The van der Waals surface area contributed by atoms with Crippen LogP contribution >= 0.6 is 7.75 Å². The monoisotopic (exact) mass is 866 g/mol.